The molecule has 0 saturated carbocycles. The first-order valence-electron chi connectivity index (χ1n) is 8.13. The lowest BCUT2D eigenvalue weighted by molar-refractivity contribution is 0.557. The maximum atomic E-state index is 12.0. The maximum absolute atomic E-state index is 12.0. The first-order valence-corrected chi connectivity index (χ1v) is 9.12. The van der Waals surface area contributed by atoms with Gasteiger partial charge in [0, 0.05) is 17.2 Å². The average Bonchev–Trinajstić information content (AvgIpc) is 2.98. The van der Waals surface area contributed by atoms with Gasteiger partial charge in [0.15, 0.2) is 5.16 Å². The molecular weight excluding hydrogens is 332 g/mol. The van der Waals surface area contributed by atoms with Gasteiger partial charge in [-0.2, -0.15) is 0 Å². The Hall–Kier alpha value is -2.53. The number of nitrogens with zero attached hydrogens (tertiary/aromatic N) is 1. The number of imidazole rings is 1. The van der Waals surface area contributed by atoms with E-state index in [1.165, 1.54) is 5.56 Å². The number of benzene rings is 2. The van der Waals surface area contributed by atoms with Crippen molar-refractivity contribution in [3.8, 4) is 0 Å². The number of thioether (sulfide) groups is 1. The lowest BCUT2D eigenvalue weighted by atomic mass is 10.0. The van der Waals surface area contributed by atoms with Crippen LogP contribution >= 0.6 is 11.8 Å². The summed E-state index contributed by atoms with van der Waals surface area (Å²) in [5.41, 5.74) is 6.67. The second kappa shape index (κ2) is 6.08. The van der Waals surface area contributed by atoms with Crippen molar-refractivity contribution in [1.82, 2.24) is 9.97 Å². The van der Waals surface area contributed by atoms with Crippen LogP contribution in [0.4, 0.5) is 0 Å². The van der Waals surface area contributed by atoms with Crippen LogP contribution in [0, 0.1) is 20.8 Å². The van der Waals surface area contributed by atoms with E-state index in [-0.39, 0.29) is 5.63 Å². The molecular formula is C20H18N2O2S. The smallest absolute Gasteiger partial charge is 0.336 e. The van der Waals surface area contributed by atoms with Crippen LogP contribution in [-0.4, -0.2) is 9.97 Å². The molecule has 0 amide bonds. The van der Waals surface area contributed by atoms with Crippen LogP contribution < -0.4 is 5.63 Å². The molecule has 0 aliphatic rings. The minimum Gasteiger partial charge on any atom is -0.422 e. The van der Waals surface area contributed by atoms with Crippen LogP contribution in [0.1, 0.15) is 22.3 Å². The summed E-state index contributed by atoms with van der Waals surface area (Å²) >= 11 is 1.59. The molecule has 2 aromatic heterocycles. The molecule has 0 atom stereocenters. The van der Waals surface area contributed by atoms with Gasteiger partial charge in [-0.3, -0.25) is 0 Å². The highest BCUT2D eigenvalue weighted by atomic mass is 32.2. The highest BCUT2D eigenvalue weighted by Crippen LogP contribution is 2.28. The number of hydrogen-bond acceptors (Lipinski definition) is 4. The number of H-pyrrole nitrogens is 1. The molecule has 0 radical (unpaired) electrons. The van der Waals surface area contributed by atoms with E-state index < -0.39 is 0 Å². The molecule has 2 aromatic carbocycles. The molecule has 5 heteroatoms. The van der Waals surface area contributed by atoms with Gasteiger partial charge in [-0.05, 0) is 55.2 Å². The topological polar surface area (TPSA) is 58.9 Å². The first kappa shape index (κ1) is 16.0. The Labute approximate surface area is 149 Å². The van der Waals surface area contributed by atoms with Crippen LogP contribution in [0.2, 0.25) is 0 Å². The molecule has 1 N–H and O–H groups in total. The monoisotopic (exact) mass is 350 g/mol. The minimum absolute atomic E-state index is 0.308. The SMILES string of the molecule is Cc1ccc2nc(SCc3cc(=O)oc4c(C)c(C)ccc34)[nH]c2c1. The fourth-order valence-corrected chi connectivity index (χ4v) is 3.83. The minimum atomic E-state index is -0.308. The Morgan fingerprint density at radius 1 is 1.12 bits per heavy atom. The van der Waals surface area contributed by atoms with Crippen LogP contribution in [0.3, 0.4) is 0 Å². The zero-order valence-electron chi connectivity index (χ0n) is 14.3. The molecule has 0 unspecified atom stereocenters. The zero-order valence-corrected chi connectivity index (χ0v) is 15.2. The maximum Gasteiger partial charge on any atom is 0.336 e. The van der Waals surface area contributed by atoms with E-state index in [9.17, 15) is 4.79 Å². The summed E-state index contributed by atoms with van der Waals surface area (Å²) in [6.07, 6.45) is 0. The lowest BCUT2D eigenvalue weighted by Crippen LogP contribution is -2.01. The molecule has 126 valence electrons. The van der Waals surface area contributed by atoms with Gasteiger partial charge in [-0.25, -0.2) is 9.78 Å². The van der Waals surface area contributed by atoms with Crippen LogP contribution in [0.5, 0.6) is 0 Å². The normalized spacial score (nSPS) is 11.5. The van der Waals surface area contributed by atoms with Crippen molar-refractivity contribution >= 4 is 33.8 Å². The highest BCUT2D eigenvalue weighted by Gasteiger charge is 2.11. The van der Waals surface area contributed by atoms with Gasteiger partial charge in [0.2, 0.25) is 0 Å². The standard InChI is InChI=1S/C20H18N2O2S/c1-11-4-7-16-17(8-11)22-20(21-16)25-10-14-9-18(23)24-19-13(3)12(2)5-6-15(14)19/h4-9H,10H2,1-3H3,(H,21,22). The van der Waals surface area contributed by atoms with Gasteiger partial charge in [-0.15, -0.1) is 0 Å². The lowest BCUT2D eigenvalue weighted by Gasteiger charge is -2.08. The van der Waals surface area contributed by atoms with Crippen LogP contribution in [-0.2, 0) is 5.75 Å². The van der Waals surface area contributed by atoms with E-state index in [0.29, 0.717) is 11.3 Å². The molecule has 0 bridgehead atoms. The van der Waals surface area contributed by atoms with E-state index in [1.807, 2.05) is 26.0 Å². The third-order valence-electron chi connectivity index (χ3n) is 4.50. The summed E-state index contributed by atoms with van der Waals surface area (Å²) in [7, 11) is 0. The summed E-state index contributed by atoms with van der Waals surface area (Å²) in [6, 6.07) is 11.8. The number of rotatable bonds is 3. The van der Waals surface area contributed by atoms with E-state index >= 15 is 0 Å². The quantitative estimate of drug-likeness (QED) is 0.422. The van der Waals surface area contributed by atoms with Crippen LogP contribution in [0.25, 0.3) is 22.0 Å². The fraction of sp³-hybridized carbons (Fsp3) is 0.200. The second-order valence-corrected chi connectivity index (χ2v) is 7.29. The van der Waals surface area contributed by atoms with Crippen molar-refractivity contribution in [3.05, 3.63) is 69.1 Å². The van der Waals surface area contributed by atoms with Gasteiger partial charge in [-0.1, -0.05) is 30.0 Å². The number of aromatic nitrogens is 2. The molecule has 4 aromatic rings. The first-order chi connectivity index (χ1) is 12.0. The number of hydrogen-bond donors (Lipinski definition) is 1. The Kier molecular flexibility index (Phi) is 3.88. The van der Waals surface area contributed by atoms with Gasteiger partial charge < -0.3 is 9.40 Å². The van der Waals surface area contributed by atoms with E-state index in [4.69, 9.17) is 4.42 Å². The van der Waals surface area contributed by atoms with Crippen molar-refractivity contribution < 1.29 is 4.42 Å². The fourth-order valence-electron chi connectivity index (χ4n) is 2.96. The second-order valence-electron chi connectivity index (χ2n) is 6.33. The Morgan fingerprint density at radius 3 is 2.80 bits per heavy atom. The summed E-state index contributed by atoms with van der Waals surface area (Å²) < 4.78 is 5.44. The number of nitrogens with one attached hydrogen (secondary N) is 1. The van der Waals surface area contributed by atoms with Crippen molar-refractivity contribution in [3.63, 3.8) is 0 Å². The summed E-state index contributed by atoms with van der Waals surface area (Å²) in [5.74, 6) is 0.656. The number of aromatic amines is 1. The van der Waals surface area contributed by atoms with Gasteiger partial charge in [0.25, 0.3) is 0 Å². The molecule has 2 heterocycles. The molecule has 0 aliphatic heterocycles. The third kappa shape index (κ3) is 2.96. The Balaban J connectivity index is 1.70. The summed E-state index contributed by atoms with van der Waals surface area (Å²) in [5, 5.41) is 1.84. The van der Waals surface area contributed by atoms with Gasteiger partial charge >= 0.3 is 5.63 Å². The van der Waals surface area contributed by atoms with Gasteiger partial charge in [0.05, 0.1) is 11.0 Å². The Bertz CT molecular complexity index is 1160. The van der Waals surface area contributed by atoms with Gasteiger partial charge in [0.1, 0.15) is 5.58 Å². The molecule has 4 nitrogen and oxygen atoms in total. The van der Waals surface area contributed by atoms with E-state index in [0.717, 1.165) is 38.3 Å². The summed E-state index contributed by atoms with van der Waals surface area (Å²) in [6.45, 7) is 6.07. The van der Waals surface area contributed by atoms with E-state index in [2.05, 4.69) is 35.1 Å². The molecule has 25 heavy (non-hydrogen) atoms. The number of fused-ring (bicyclic) bond motifs is 2. The third-order valence-corrected chi connectivity index (χ3v) is 5.42. The number of aryl methyl sites for hydroxylation is 3. The predicted octanol–water partition coefficient (Wildman–Crippen LogP) is 4.89. The van der Waals surface area contributed by atoms with Crippen molar-refractivity contribution in [2.45, 2.75) is 31.7 Å². The molecule has 4 rings (SSSR count). The Morgan fingerprint density at radius 2 is 1.96 bits per heavy atom. The highest BCUT2D eigenvalue weighted by molar-refractivity contribution is 7.98. The molecule has 0 saturated heterocycles. The molecule has 0 fully saturated rings. The molecule has 0 spiro atoms. The predicted molar refractivity (Wildman–Crippen MR) is 102 cm³/mol. The van der Waals surface area contributed by atoms with Crippen molar-refractivity contribution in [2.75, 3.05) is 0 Å². The summed E-state index contributed by atoms with van der Waals surface area (Å²) in [4.78, 5) is 19.9. The van der Waals surface area contributed by atoms with Crippen molar-refractivity contribution in [2.24, 2.45) is 0 Å². The largest absolute Gasteiger partial charge is 0.422 e. The molecule has 0 aliphatic carbocycles. The van der Waals surface area contributed by atoms with Crippen LogP contribution in [0.15, 0.2) is 50.8 Å². The average molecular weight is 350 g/mol. The van der Waals surface area contributed by atoms with Crippen molar-refractivity contribution in [1.29, 1.82) is 0 Å². The zero-order chi connectivity index (χ0) is 17.6. The van der Waals surface area contributed by atoms with E-state index in [1.54, 1.807) is 17.8 Å².